The summed E-state index contributed by atoms with van der Waals surface area (Å²) >= 11 is 1.61. The van der Waals surface area contributed by atoms with Gasteiger partial charge < -0.3 is 10.6 Å². The molecule has 0 spiro atoms. The second kappa shape index (κ2) is 6.24. The highest BCUT2D eigenvalue weighted by molar-refractivity contribution is 7.14. The lowest BCUT2D eigenvalue weighted by Gasteiger charge is -2.04. The van der Waals surface area contributed by atoms with Gasteiger partial charge >= 0.3 is 0 Å². The van der Waals surface area contributed by atoms with Crippen molar-refractivity contribution in [2.75, 3.05) is 17.7 Å². The van der Waals surface area contributed by atoms with Crippen LogP contribution in [0.5, 0.6) is 0 Å². The number of nitrogens with one attached hydrogen (secondary N) is 2. The lowest BCUT2D eigenvalue weighted by atomic mass is 10.2. The van der Waals surface area contributed by atoms with E-state index in [0.717, 1.165) is 29.2 Å². The Morgan fingerprint density at radius 2 is 2.20 bits per heavy atom. The largest absolute Gasteiger partial charge is 0.373 e. The van der Waals surface area contributed by atoms with Gasteiger partial charge in [-0.2, -0.15) is 0 Å². The molecule has 6 heteroatoms. The molecule has 2 heterocycles. The quantitative estimate of drug-likeness (QED) is 0.914. The van der Waals surface area contributed by atoms with E-state index in [0.29, 0.717) is 0 Å². The maximum absolute atomic E-state index is 12.1. The fourth-order valence-corrected chi connectivity index (χ4v) is 3.40. The molecule has 20 heavy (non-hydrogen) atoms. The Bertz CT molecular complexity index is 588. The van der Waals surface area contributed by atoms with Crippen LogP contribution in [0.15, 0.2) is 24.4 Å². The van der Waals surface area contributed by atoms with Crippen LogP contribution in [0.2, 0.25) is 0 Å². The van der Waals surface area contributed by atoms with Crippen LogP contribution in [-0.2, 0) is 12.8 Å². The molecule has 0 bridgehead atoms. The predicted octanol–water partition coefficient (Wildman–Crippen LogP) is 3.35. The fraction of sp³-hybridized carbons (Fsp3) is 0.286. The van der Waals surface area contributed by atoms with Crippen molar-refractivity contribution in [3.05, 3.63) is 39.7 Å². The normalized spacial score (nSPS) is 12.4. The number of rotatable bonds is 3. The maximum atomic E-state index is 12.1. The monoisotopic (exact) mass is 309 g/mol. The summed E-state index contributed by atoms with van der Waals surface area (Å²) in [5, 5.41) is 5.82. The van der Waals surface area contributed by atoms with Crippen molar-refractivity contribution in [2.24, 2.45) is 0 Å². The van der Waals surface area contributed by atoms with E-state index in [9.17, 15) is 4.79 Å². The van der Waals surface area contributed by atoms with Gasteiger partial charge in [0.25, 0.3) is 5.91 Å². The van der Waals surface area contributed by atoms with Crippen LogP contribution >= 0.6 is 23.7 Å². The van der Waals surface area contributed by atoms with Crippen LogP contribution in [0, 0.1) is 0 Å². The molecule has 2 N–H and O–H groups in total. The first-order valence-corrected chi connectivity index (χ1v) is 7.14. The third-order valence-electron chi connectivity index (χ3n) is 3.25. The van der Waals surface area contributed by atoms with E-state index >= 15 is 0 Å². The average Bonchev–Trinajstić information content (AvgIpc) is 3.00. The molecule has 0 unspecified atom stereocenters. The minimum absolute atomic E-state index is 0. The zero-order valence-corrected chi connectivity index (χ0v) is 12.7. The topological polar surface area (TPSA) is 54.0 Å². The number of pyridine rings is 1. The third kappa shape index (κ3) is 2.94. The maximum Gasteiger partial charge on any atom is 0.265 e. The molecule has 1 amide bonds. The SMILES string of the molecule is CNc1ccc(NC(=O)c2cc3c(s2)CCC3)cn1.Cl. The number of thiophene rings is 1. The number of hydrogen-bond donors (Lipinski definition) is 2. The molecule has 0 saturated carbocycles. The van der Waals surface area contributed by atoms with Gasteiger partial charge in [0.05, 0.1) is 16.8 Å². The lowest BCUT2D eigenvalue weighted by molar-refractivity contribution is 0.103. The summed E-state index contributed by atoms with van der Waals surface area (Å²) in [4.78, 5) is 18.5. The summed E-state index contributed by atoms with van der Waals surface area (Å²) in [5.74, 6) is 0.742. The molecule has 0 fully saturated rings. The number of carbonyl (C=O) groups excluding carboxylic acids is 1. The number of fused-ring (bicyclic) bond motifs is 1. The van der Waals surface area contributed by atoms with E-state index < -0.39 is 0 Å². The Balaban J connectivity index is 0.00000147. The number of halogens is 1. The Kier molecular flexibility index (Phi) is 4.62. The highest BCUT2D eigenvalue weighted by Crippen LogP contribution is 2.30. The Morgan fingerprint density at radius 1 is 1.35 bits per heavy atom. The number of aromatic nitrogens is 1. The van der Waals surface area contributed by atoms with Crippen molar-refractivity contribution in [3.63, 3.8) is 0 Å². The molecule has 3 rings (SSSR count). The van der Waals surface area contributed by atoms with Crippen molar-refractivity contribution in [1.82, 2.24) is 4.98 Å². The standard InChI is InChI=1S/C14H15N3OS.ClH/c1-15-13-6-5-10(8-16-13)17-14(18)12-7-9-3-2-4-11(9)19-12;/h5-8H,2-4H2,1H3,(H,15,16)(H,17,18);1H. The molecule has 0 atom stereocenters. The Morgan fingerprint density at radius 3 is 2.85 bits per heavy atom. The highest BCUT2D eigenvalue weighted by atomic mass is 35.5. The zero-order valence-electron chi connectivity index (χ0n) is 11.1. The van der Waals surface area contributed by atoms with Crippen molar-refractivity contribution in [1.29, 1.82) is 0 Å². The average molecular weight is 310 g/mol. The second-order valence-electron chi connectivity index (χ2n) is 4.55. The Labute approximate surface area is 128 Å². The van der Waals surface area contributed by atoms with E-state index in [1.54, 1.807) is 17.5 Å². The zero-order chi connectivity index (χ0) is 13.2. The van der Waals surface area contributed by atoms with Gasteiger partial charge in [-0.15, -0.1) is 23.7 Å². The molecule has 106 valence electrons. The van der Waals surface area contributed by atoms with Crippen LogP contribution in [0.3, 0.4) is 0 Å². The van der Waals surface area contributed by atoms with Gasteiger partial charge in [0.15, 0.2) is 0 Å². The second-order valence-corrected chi connectivity index (χ2v) is 5.69. The van der Waals surface area contributed by atoms with Gasteiger partial charge in [0, 0.05) is 11.9 Å². The van der Waals surface area contributed by atoms with Crippen molar-refractivity contribution >= 4 is 41.2 Å². The molecule has 0 aromatic carbocycles. The third-order valence-corrected chi connectivity index (χ3v) is 4.48. The lowest BCUT2D eigenvalue weighted by Crippen LogP contribution is -2.10. The number of anilines is 2. The number of aryl methyl sites for hydroxylation is 2. The van der Waals surface area contributed by atoms with Crippen molar-refractivity contribution < 1.29 is 4.79 Å². The minimum Gasteiger partial charge on any atom is -0.373 e. The number of carbonyl (C=O) groups is 1. The molecule has 2 aromatic rings. The molecule has 2 aromatic heterocycles. The van der Waals surface area contributed by atoms with Gasteiger partial charge in [-0.3, -0.25) is 4.79 Å². The molecular formula is C14H16ClN3OS. The summed E-state index contributed by atoms with van der Waals surface area (Å²) in [6, 6.07) is 5.71. The molecule has 1 aliphatic carbocycles. The summed E-state index contributed by atoms with van der Waals surface area (Å²) in [5.41, 5.74) is 2.07. The Hall–Kier alpha value is -1.59. The van der Waals surface area contributed by atoms with Gasteiger partial charge in [-0.05, 0) is 43.0 Å². The van der Waals surface area contributed by atoms with Crippen molar-refractivity contribution in [2.45, 2.75) is 19.3 Å². The van der Waals surface area contributed by atoms with Crippen LogP contribution < -0.4 is 10.6 Å². The summed E-state index contributed by atoms with van der Waals surface area (Å²) < 4.78 is 0. The van der Waals surface area contributed by atoms with E-state index in [2.05, 4.69) is 15.6 Å². The first-order valence-electron chi connectivity index (χ1n) is 6.33. The van der Waals surface area contributed by atoms with E-state index in [4.69, 9.17) is 0 Å². The minimum atomic E-state index is -0.0431. The van der Waals surface area contributed by atoms with Crippen LogP contribution in [0.1, 0.15) is 26.5 Å². The van der Waals surface area contributed by atoms with Crippen molar-refractivity contribution in [3.8, 4) is 0 Å². The van der Waals surface area contributed by atoms with Gasteiger partial charge in [-0.1, -0.05) is 0 Å². The molecule has 0 saturated heterocycles. The van der Waals surface area contributed by atoms with E-state index in [-0.39, 0.29) is 18.3 Å². The number of nitrogens with zero attached hydrogens (tertiary/aromatic N) is 1. The van der Waals surface area contributed by atoms with Crippen LogP contribution in [-0.4, -0.2) is 17.9 Å². The first kappa shape index (κ1) is 14.8. The fourth-order valence-electron chi connectivity index (χ4n) is 2.25. The number of hydrogen-bond acceptors (Lipinski definition) is 4. The first-order chi connectivity index (χ1) is 9.26. The van der Waals surface area contributed by atoms with Crippen LogP contribution in [0.4, 0.5) is 11.5 Å². The molecule has 0 radical (unpaired) electrons. The van der Waals surface area contributed by atoms with E-state index in [1.165, 1.54) is 16.9 Å². The molecule has 0 aliphatic heterocycles. The van der Waals surface area contributed by atoms with Gasteiger partial charge in [0.2, 0.25) is 0 Å². The highest BCUT2D eigenvalue weighted by Gasteiger charge is 2.18. The summed E-state index contributed by atoms with van der Waals surface area (Å²) in [6.07, 6.45) is 5.10. The molecule has 4 nitrogen and oxygen atoms in total. The smallest absolute Gasteiger partial charge is 0.265 e. The van der Waals surface area contributed by atoms with Gasteiger partial charge in [0.1, 0.15) is 5.82 Å². The summed E-state index contributed by atoms with van der Waals surface area (Å²) in [6.45, 7) is 0. The summed E-state index contributed by atoms with van der Waals surface area (Å²) in [7, 11) is 1.81. The van der Waals surface area contributed by atoms with Crippen LogP contribution in [0.25, 0.3) is 0 Å². The predicted molar refractivity (Wildman–Crippen MR) is 85.3 cm³/mol. The van der Waals surface area contributed by atoms with Gasteiger partial charge in [-0.25, -0.2) is 4.98 Å². The van der Waals surface area contributed by atoms with E-state index in [1.807, 2.05) is 25.2 Å². The number of amides is 1. The molecular weight excluding hydrogens is 294 g/mol. The molecule has 1 aliphatic rings.